The van der Waals surface area contributed by atoms with Gasteiger partial charge in [0.2, 0.25) is 0 Å². The molecule has 0 spiro atoms. The van der Waals surface area contributed by atoms with E-state index in [-0.39, 0.29) is 19.3 Å². The maximum atomic E-state index is 11.7. The summed E-state index contributed by atoms with van der Waals surface area (Å²) in [6.45, 7) is 4.85. The third kappa shape index (κ3) is 9.40. The van der Waals surface area contributed by atoms with E-state index in [1.54, 1.807) is 20.8 Å². The van der Waals surface area contributed by atoms with Crippen molar-refractivity contribution in [2.75, 3.05) is 0 Å². The Bertz CT molecular complexity index is 426. The molecule has 4 N–H and O–H groups in total. The molecule has 0 aromatic heterocycles. The zero-order valence-electron chi connectivity index (χ0n) is 11.1. The van der Waals surface area contributed by atoms with Crippen molar-refractivity contribution in [3.63, 3.8) is 0 Å². The van der Waals surface area contributed by atoms with Gasteiger partial charge in [-0.2, -0.15) is 17.9 Å². The first-order chi connectivity index (χ1) is 8.43. The zero-order valence-corrected chi connectivity index (χ0v) is 12.0. The summed E-state index contributed by atoms with van der Waals surface area (Å²) in [6.07, 6.45) is -0.227. The summed E-state index contributed by atoms with van der Waals surface area (Å²) >= 11 is 0. The highest BCUT2D eigenvalue weighted by molar-refractivity contribution is 7.87. The van der Waals surface area contributed by atoms with Crippen molar-refractivity contribution in [2.45, 2.75) is 51.6 Å². The molecule has 1 atom stereocenters. The minimum atomic E-state index is -3.96. The molecule has 0 aromatic rings. The minimum absolute atomic E-state index is 0.0737. The van der Waals surface area contributed by atoms with Crippen LogP contribution in [0.3, 0.4) is 0 Å². The Labute approximate surface area is 112 Å². The van der Waals surface area contributed by atoms with Crippen LogP contribution in [0.5, 0.6) is 0 Å². The van der Waals surface area contributed by atoms with Crippen LogP contribution in [-0.2, 0) is 19.8 Å². The van der Waals surface area contributed by atoms with E-state index in [0.29, 0.717) is 0 Å². The summed E-state index contributed by atoms with van der Waals surface area (Å²) < 4.78 is 27.6. The second-order valence-corrected chi connectivity index (χ2v) is 6.60. The zero-order chi connectivity index (χ0) is 15.3. The highest BCUT2D eigenvalue weighted by atomic mass is 32.2. The van der Waals surface area contributed by atoms with Crippen LogP contribution in [0.1, 0.15) is 40.0 Å². The van der Waals surface area contributed by atoms with Crippen molar-refractivity contribution in [2.24, 2.45) is 0 Å². The smallest absolute Gasteiger partial charge is 0.321 e. The van der Waals surface area contributed by atoms with Gasteiger partial charge in [-0.05, 0) is 33.6 Å². The van der Waals surface area contributed by atoms with Gasteiger partial charge in [-0.15, -0.1) is 0 Å². The Morgan fingerprint density at radius 1 is 1.21 bits per heavy atom. The second kappa shape index (κ2) is 6.83. The van der Waals surface area contributed by atoms with E-state index in [1.165, 1.54) is 0 Å². The molecule has 0 radical (unpaired) electrons. The van der Waals surface area contributed by atoms with Crippen molar-refractivity contribution >= 4 is 22.1 Å². The van der Waals surface area contributed by atoms with Gasteiger partial charge in [0.1, 0.15) is 6.04 Å². The lowest BCUT2D eigenvalue weighted by molar-refractivity contribution is -0.140. The molecule has 9 heteroatoms. The van der Waals surface area contributed by atoms with Gasteiger partial charge >= 0.3 is 11.9 Å². The van der Waals surface area contributed by atoms with E-state index in [1.807, 2.05) is 4.72 Å². The van der Waals surface area contributed by atoms with E-state index < -0.39 is 33.7 Å². The molecule has 0 unspecified atom stereocenters. The number of rotatable bonds is 8. The Kier molecular flexibility index (Phi) is 6.40. The lowest BCUT2D eigenvalue weighted by Gasteiger charge is -2.22. The number of hydrogen-bond donors (Lipinski definition) is 4. The maximum absolute atomic E-state index is 11.7. The van der Waals surface area contributed by atoms with Gasteiger partial charge < -0.3 is 10.2 Å². The Hall–Kier alpha value is -1.19. The summed E-state index contributed by atoms with van der Waals surface area (Å²) in [5.41, 5.74) is -0.740. The van der Waals surface area contributed by atoms with Crippen LogP contribution in [0.25, 0.3) is 0 Å². The predicted octanol–water partition coefficient (Wildman–Crippen LogP) is -0.0830. The van der Waals surface area contributed by atoms with Crippen molar-refractivity contribution in [1.82, 2.24) is 9.44 Å². The molecule has 0 aromatic carbocycles. The maximum Gasteiger partial charge on any atom is 0.321 e. The number of carbonyl (C=O) groups is 2. The van der Waals surface area contributed by atoms with Crippen LogP contribution >= 0.6 is 0 Å². The summed E-state index contributed by atoms with van der Waals surface area (Å²) in [6, 6.07) is -1.35. The van der Waals surface area contributed by atoms with E-state index in [0.717, 1.165) is 0 Å². The van der Waals surface area contributed by atoms with Crippen molar-refractivity contribution in [3.05, 3.63) is 0 Å². The average Bonchev–Trinajstić information content (AvgIpc) is 2.10. The number of hydrogen-bond acceptors (Lipinski definition) is 4. The van der Waals surface area contributed by atoms with Gasteiger partial charge in [0.05, 0.1) is 0 Å². The van der Waals surface area contributed by atoms with Crippen LogP contribution in [0.4, 0.5) is 0 Å². The number of carboxylic acid groups (broad SMARTS) is 2. The van der Waals surface area contributed by atoms with Crippen LogP contribution in [0.2, 0.25) is 0 Å². The fraction of sp³-hybridized carbons (Fsp3) is 0.800. The molecule has 8 nitrogen and oxygen atoms in total. The molecule has 0 heterocycles. The lowest BCUT2D eigenvalue weighted by atomic mass is 10.1. The molecule has 0 bridgehead atoms. The van der Waals surface area contributed by atoms with Crippen LogP contribution in [0.15, 0.2) is 0 Å². The fourth-order valence-corrected chi connectivity index (χ4v) is 2.77. The third-order valence-electron chi connectivity index (χ3n) is 1.92. The largest absolute Gasteiger partial charge is 0.481 e. The fourth-order valence-electron chi connectivity index (χ4n) is 1.31. The van der Waals surface area contributed by atoms with E-state index in [4.69, 9.17) is 10.2 Å². The number of aliphatic carboxylic acids is 2. The number of carboxylic acids is 2. The SMILES string of the molecule is CC(C)(C)NS(=O)(=O)N[C@H](CCCC(=O)O)C(=O)O. The highest BCUT2D eigenvalue weighted by Gasteiger charge is 2.26. The molecule has 112 valence electrons. The molecule has 0 saturated heterocycles. The van der Waals surface area contributed by atoms with Crippen LogP contribution in [-0.4, -0.2) is 42.2 Å². The minimum Gasteiger partial charge on any atom is -0.481 e. The van der Waals surface area contributed by atoms with Gasteiger partial charge in [-0.1, -0.05) is 0 Å². The average molecular weight is 296 g/mol. The Balaban J connectivity index is 4.58. The standard InChI is InChI=1S/C10H20N2O6S/c1-10(2,3)12-19(17,18)11-7(9(15)16)5-4-6-8(13)14/h7,11-12H,4-6H2,1-3H3,(H,13,14)(H,15,16)/t7-/m1/s1. The van der Waals surface area contributed by atoms with Gasteiger partial charge in [0.25, 0.3) is 10.2 Å². The Morgan fingerprint density at radius 2 is 1.74 bits per heavy atom. The topological polar surface area (TPSA) is 133 Å². The Morgan fingerprint density at radius 3 is 2.11 bits per heavy atom. The molecule has 0 rings (SSSR count). The number of nitrogens with one attached hydrogen (secondary N) is 2. The van der Waals surface area contributed by atoms with Gasteiger partial charge in [-0.3, -0.25) is 9.59 Å². The molecular weight excluding hydrogens is 276 g/mol. The summed E-state index contributed by atoms with van der Waals surface area (Å²) in [7, 11) is -3.96. The van der Waals surface area contributed by atoms with Crippen molar-refractivity contribution < 1.29 is 28.2 Å². The molecule has 0 fully saturated rings. The summed E-state index contributed by atoms with van der Waals surface area (Å²) in [5, 5.41) is 17.3. The van der Waals surface area contributed by atoms with E-state index in [9.17, 15) is 18.0 Å². The third-order valence-corrected chi connectivity index (χ3v) is 3.40. The highest BCUT2D eigenvalue weighted by Crippen LogP contribution is 2.05. The molecule has 0 saturated carbocycles. The summed E-state index contributed by atoms with van der Waals surface area (Å²) in [5.74, 6) is -2.40. The van der Waals surface area contributed by atoms with Gasteiger partial charge in [0.15, 0.2) is 0 Å². The van der Waals surface area contributed by atoms with E-state index >= 15 is 0 Å². The summed E-state index contributed by atoms with van der Waals surface area (Å²) in [4.78, 5) is 21.2. The van der Waals surface area contributed by atoms with Gasteiger partial charge in [0, 0.05) is 12.0 Å². The molecule has 0 aliphatic carbocycles. The first kappa shape index (κ1) is 17.8. The van der Waals surface area contributed by atoms with Crippen molar-refractivity contribution in [3.8, 4) is 0 Å². The molecule has 19 heavy (non-hydrogen) atoms. The molecule has 0 aliphatic heterocycles. The molecule has 0 amide bonds. The second-order valence-electron chi connectivity index (χ2n) is 5.15. The van der Waals surface area contributed by atoms with E-state index in [2.05, 4.69) is 4.72 Å². The lowest BCUT2D eigenvalue weighted by Crippen LogP contribution is -2.51. The first-order valence-electron chi connectivity index (χ1n) is 5.69. The van der Waals surface area contributed by atoms with Gasteiger partial charge in [-0.25, -0.2) is 0 Å². The first-order valence-corrected chi connectivity index (χ1v) is 7.17. The monoisotopic (exact) mass is 296 g/mol. The quantitative estimate of drug-likeness (QED) is 0.495. The van der Waals surface area contributed by atoms with Crippen LogP contribution in [0, 0.1) is 0 Å². The predicted molar refractivity (Wildman–Crippen MR) is 67.9 cm³/mol. The normalized spacial score (nSPS) is 14.1. The molecular formula is C10H20N2O6S. The van der Waals surface area contributed by atoms with Crippen LogP contribution < -0.4 is 9.44 Å². The van der Waals surface area contributed by atoms with Crippen molar-refractivity contribution in [1.29, 1.82) is 0 Å². The molecule has 0 aliphatic rings.